The first-order valence-electron chi connectivity index (χ1n) is 8.26. The van der Waals surface area contributed by atoms with Gasteiger partial charge in [-0.05, 0) is 36.2 Å². The van der Waals surface area contributed by atoms with Gasteiger partial charge >= 0.3 is 0 Å². The number of aromatic nitrogens is 1. The molecule has 0 radical (unpaired) electrons. The average Bonchev–Trinajstić information content (AvgIpc) is 2.67. The maximum absolute atomic E-state index is 10.9. The third kappa shape index (κ3) is 4.09. The molecule has 0 aliphatic carbocycles. The van der Waals surface area contributed by atoms with Gasteiger partial charge in [-0.2, -0.15) is 0 Å². The molecule has 0 aliphatic heterocycles. The van der Waals surface area contributed by atoms with Crippen molar-refractivity contribution in [3.05, 3.63) is 100 Å². The summed E-state index contributed by atoms with van der Waals surface area (Å²) >= 11 is 3.50. The molecule has 130 valence electrons. The van der Waals surface area contributed by atoms with Crippen molar-refractivity contribution in [3.63, 3.8) is 0 Å². The van der Waals surface area contributed by atoms with Gasteiger partial charge in [0.1, 0.15) is 6.29 Å². The van der Waals surface area contributed by atoms with Crippen LogP contribution in [0.4, 0.5) is 5.69 Å². The van der Waals surface area contributed by atoms with E-state index in [-0.39, 0.29) is 0 Å². The molecule has 0 unspecified atom stereocenters. The molecule has 3 aromatic rings. The highest BCUT2D eigenvalue weighted by atomic mass is 79.9. The molecule has 4 heteroatoms. The van der Waals surface area contributed by atoms with Gasteiger partial charge in [0.15, 0.2) is 0 Å². The van der Waals surface area contributed by atoms with Gasteiger partial charge in [-0.15, -0.1) is 0 Å². The Morgan fingerprint density at radius 3 is 2.54 bits per heavy atom. The summed E-state index contributed by atoms with van der Waals surface area (Å²) in [6, 6.07) is 19.7. The molecule has 3 rings (SSSR count). The molecule has 0 N–H and O–H groups in total. The molecule has 0 saturated heterocycles. The van der Waals surface area contributed by atoms with Crippen LogP contribution in [0.2, 0.25) is 0 Å². The summed E-state index contributed by atoms with van der Waals surface area (Å²) in [5.74, 6) is 0. The fourth-order valence-corrected chi connectivity index (χ4v) is 3.11. The Kier molecular flexibility index (Phi) is 5.64. The van der Waals surface area contributed by atoms with Crippen LogP contribution < -0.4 is 4.90 Å². The minimum Gasteiger partial charge on any atom is -0.335 e. The van der Waals surface area contributed by atoms with E-state index < -0.39 is 0 Å². The Morgan fingerprint density at radius 1 is 1.15 bits per heavy atom. The predicted molar refractivity (Wildman–Crippen MR) is 110 cm³/mol. The molecule has 0 bridgehead atoms. The van der Waals surface area contributed by atoms with Gasteiger partial charge in [0.05, 0.1) is 11.4 Å². The number of carbonyl (C=O) groups is 1. The first kappa shape index (κ1) is 18.1. The molecule has 0 aliphatic rings. The van der Waals surface area contributed by atoms with E-state index >= 15 is 0 Å². The Hall–Kier alpha value is -2.72. The normalized spacial score (nSPS) is 10.4. The Bertz CT molecular complexity index is 935. The van der Waals surface area contributed by atoms with Crippen molar-refractivity contribution < 1.29 is 4.79 Å². The lowest BCUT2D eigenvalue weighted by molar-refractivity contribution is 0.112. The second-order valence-corrected chi connectivity index (χ2v) is 6.95. The van der Waals surface area contributed by atoms with E-state index in [0.29, 0.717) is 12.1 Å². The van der Waals surface area contributed by atoms with Crippen molar-refractivity contribution in [2.45, 2.75) is 13.5 Å². The van der Waals surface area contributed by atoms with Crippen LogP contribution in [0.25, 0.3) is 5.70 Å². The first-order chi connectivity index (χ1) is 12.6. The molecule has 2 aromatic carbocycles. The second-order valence-electron chi connectivity index (χ2n) is 6.04. The van der Waals surface area contributed by atoms with Gasteiger partial charge in [-0.25, -0.2) is 0 Å². The van der Waals surface area contributed by atoms with E-state index in [1.807, 2.05) is 48.5 Å². The highest BCUT2D eigenvalue weighted by molar-refractivity contribution is 9.10. The number of hydrogen-bond acceptors (Lipinski definition) is 3. The number of aldehydes is 1. The van der Waals surface area contributed by atoms with Crippen LogP contribution >= 0.6 is 15.9 Å². The number of para-hydroxylation sites is 1. The lowest BCUT2D eigenvalue weighted by Gasteiger charge is -2.28. The number of aryl methyl sites for hydroxylation is 1. The Labute approximate surface area is 162 Å². The molecule has 1 aromatic heterocycles. The number of benzene rings is 2. The smallest absolute Gasteiger partial charge is 0.150 e. The van der Waals surface area contributed by atoms with Crippen LogP contribution in [0.3, 0.4) is 0 Å². The zero-order valence-electron chi connectivity index (χ0n) is 14.5. The van der Waals surface area contributed by atoms with E-state index in [4.69, 9.17) is 0 Å². The topological polar surface area (TPSA) is 33.2 Å². The Morgan fingerprint density at radius 2 is 1.88 bits per heavy atom. The van der Waals surface area contributed by atoms with E-state index in [9.17, 15) is 4.79 Å². The fraction of sp³-hybridized carbons (Fsp3) is 0.0909. The maximum atomic E-state index is 10.9. The van der Waals surface area contributed by atoms with Crippen LogP contribution in [0.1, 0.15) is 27.2 Å². The molecular formula is C22H19BrN2O. The van der Waals surface area contributed by atoms with Crippen molar-refractivity contribution in [1.82, 2.24) is 4.98 Å². The summed E-state index contributed by atoms with van der Waals surface area (Å²) in [5, 5.41) is 0. The third-order valence-corrected chi connectivity index (χ3v) is 4.70. The van der Waals surface area contributed by atoms with Gasteiger partial charge in [0, 0.05) is 28.5 Å². The molecule has 0 amide bonds. The molecular weight excluding hydrogens is 388 g/mol. The number of hydrogen-bond donors (Lipinski definition) is 0. The number of rotatable bonds is 6. The number of halogens is 1. The van der Waals surface area contributed by atoms with Crippen LogP contribution in [0.5, 0.6) is 0 Å². The van der Waals surface area contributed by atoms with E-state index in [1.54, 1.807) is 6.20 Å². The van der Waals surface area contributed by atoms with Gasteiger partial charge in [0.25, 0.3) is 0 Å². The molecule has 3 nitrogen and oxygen atoms in total. The SMILES string of the molecule is C=C(c1cc(Br)ccn1)N(Cc1ccc(C=O)cc1)c1ccccc1C. The minimum absolute atomic E-state index is 0.636. The summed E-state index contributed by atoms with van der Waals surface area (Å²) in [5.41, 5.74) is 5.64. The van der Waals surface area contributed by atoms with Crippen molar-refractivity contribution in [3.8, 4) is 0 Å². The van der Waals surface area contributed by atoms with Gasteiger partial charge in [0.2, 0.25) is 0 Å². The summed E-state index contributed by atoms with van der Waals surface area (Å²) < 4.78 is 0.962. The molecule has 1 heterocycles. The van der Waals surface area contributed by atoms with E-state index in [0.717, 1.165) is 39.0 Å². The zero-order chi connectivity index (χ0) is 18.5. The van der Waals surface area contributed by atoms with Crippen LogP contribution in [0, 0.1) is 6.92 Å². The zero-order valence-corrected chi connectivity index (χ0v) is 16.1. The van der Waals surface area contributed by atoms with Crippen molar-refractivity contribution >= 4 is 33.6 Å². The number of carbonyl (C=O) groups excluding carboxylic acids is 1. The molecule has 26 heavy (non-hydrogen) atoms. The van der Waals surface area contributed by atoms with Crippen LogP contribution in [-0.4, -0.2) is 11.3 Å². The summed E-state index contributed by atoms with van der Waals surface area (Å²) in [4.78, 5) is 17.5. The monoisotopic (exact) mass is 406 g/mol. The van der Waals surface area contributed by atoms with Gasteiger partial charge in [-0.3, -0.25) is 9.78 Å². The van der Waals surface area contributed by atoms with Crippen molar-refractivity contribution in [1.29, 1.82) is 0 Å². The molecule has 0 atom stereocenters. The number of pyridine rings is 1. The maximum Gasteiger partial charge on any atom is 0.150 e. The second kappa shape index (κ2) is 8.11. The summed E-state index contributed by atoms with van der Waals surface area (Å²) in [7, 11) is 0. The minimum atomic E-state index is 0.636. The van der Waals surface area contributed by atoms with Crippen LogP contribution in [-0.2, 0) is 6.54 Å². The Balaban J connectivity index is 2.00. The molecule has 0 saturated carbocycles. The molecule has 0 fully saturated rings. The average molecular weight is 407 g/mol. The number of nitrogens with zero attached hydrogens (tertiary/aromatic N) is 2. The van der Waals surface area contributed by atoms with Crippen LogP contribution in [0.15, 0.2) is 77.9 Å². The standard InChI is InChI=1S/C22H19BrN2O/c1-16-5-3-4-6-22(16)25(14-18-7-9-19(15-26)10-8-18)17(2)21-13-20(23)11-12-24-21/h3-13,15H,2,14H2,1H3. The quantitative estimate of drug-likeness (QED) is 0.496. The first-order valence-corrected chi connectivity index (χ1v) is 9.06. The highest BCUT2D eigenvalue weighted by Crippen LogP contribution is 2.30. The fourth-order valence-electron chi connectivity index (χ4n) is 2.78. The predicted octanol–water partition coefficient (Wildman–Crippen LogP) is 5.64. The lowest BCUT2D eigenvalue weighted by Crippen LogP contribution is -2.22. The number of anilines is 1. The van der Waals surface area contributed by atoms with Gasteiger partial charge < -0.3 is 4.90 Å². The van der Waals surface area contributed by atoms with E-state index in [2.05, 4.69) is 51.4 Å². The summed E-state index contributed by atoms with van der Waals surface area (Å²) in [6.45, 7) is 7.02. The summed E-state index contributed by atoms with van der Waals surface area (Å²) in [6.07, 6.45) is 2.62. The highest BCUT2D eigenvalue weighted by Gasteiger charge is 2.16. The van der Waals surface area contributed by atoms with Gasteiger partial charge in [-0.1, -0.05) is 65.0 Å². The van der Waals surface area contributed by atoms with Crippen molar-refractivity contribution in [2.75, 3.05) is 4.90 Å². The lowest BCUT2D eigenvalue weighted by atomic mass is 10.1. The third-order valence-electron chi connectivity index (χ3n) is 4.21. The molecule has 0 spiro atoms. The largest absolute Gasteiger partial charge is 0.335 e. The van der Waals surface area contributed by atoms with Crippen molar-refractivity contribution in [2.24, 2.45) is 0 Å². The van der Waals surface area contributed by atoms with E-state index in [1.165, 1.54) is 0 Å².